The third kappa shape index (κ3) is 1.82. The van der Waals surface area contributed by atoms with Crippen molar-refractivity contribution in [2.75, 3.05) is 14.1 Å². The average molecular weight is 206 g/mol. The second-order valence-corrected chi connectivity index (χ2v) is 4.40. The van der Waals surface area contributed by atoms with Gasteiger partial charge in [0.25, 0.3) is 0 Å². The second-order valence-electron chi connectivity index (χ2n) is 3.42. The Labute approximate surface area is 88.8 Å². The lowest BCUT2D eigenvalue weighted by Crippen LogP contribution is -2.31. The molecule has 0 atom stereocenters. The van der Waals surface area contributed by atoms with Gasteiger partial charge in [-0.15, -0.1) is 11.3 Å². The van der Waals surface area contributed by atoms with Crippen LogP contribution in [0.1, 0.15) is 4.88 Å². The van der Waals surface area contributed by atoms with Crippen LogP contribution < -0.4 is 0 Å². The van der Waals surface area contributed by atoms with Gasteiger partial charge in [0.15, 0.2) is 0 Å². The molecular weight excluding hydrogens is 192 g/mol. The fraction of sp³-hybridized carbons (Fsp3) is 0.273. The largest absolute Gasteiger partial charge is 0.356 e. The Hall–Kier alpha value is -1.22. The van der Waals surface area contributed by atoms with Gasteiger partial charge in [0, 0.05) is 31.4 Å². The molecular formula is C11H14N2S. The van der Waals surface area contributed by atoms with Gasteiger partial charge >= 0.3 is 0 Å². The van der Waals surface area contributed by atoms with Gasteiger partial charge in [-0.05, 0) is 23.6 Å². The van der Waals surface area contributed by atoms with Crippen molar-refractivity contribution in [1.82, 2.24) is 9.80 Å². The van der Waals surface area contributed by atoms with Crippen LogP contribution in [0.3, 0.4) is 0 Å². The molecule has 0 radical (unpaired) electrons. The number of hydrogen-bond acceptors (Lipinski definition) is 3. The standard InChI is InChI=1S/C11H14N2S/c1-12-7-8-13(2)11(12)6-5-10-4-3-9-14-10/h3-9,11H,1-2H3/b6-5+. The summed E-state index contributed by atoms with van der Waals surface area (Å²) in [5.74, 6) is 0. The Kier molecular flexibility index (Phi) is 2.59. The molecule has 0 N–H and O–H groups in total. The van der Waals surface area contributed by atoms with Crippen molar-refractivity contribution in [3.8, 4) is 0 Å². The Bertz CT molecular complexity index is 328. The van der Waals surface area contributed by atoms with E-state index in [1.807, 2.05) is 0 Å². The predicted octanol–water partition coefficient (Wildman–Crippen LogP) is 2.44. The lowest BCUT2D eigenvalue weighted by atomic mass is 10.3. The molecule has 1 aromatic rings. The first-order chi connectivity index (χ1) is 6.77. The minimum absolute atomic E-state index is 0.358. The molecule has 0 bridgehead atoms. The maximum atomic E-state index is 2.21. The summed E-state index contributed by atoms with van der Waals surface area (Å²) >= 11 is 1.76. The summed E-state index contributed by atoms with van der Waals surface area (Å²) in [5, 5.41) is 2.10. The van der Waals surface area contributed by atoms with E-state index in [9.17, 15) is 0 Å². The van der Waals surface area contributed by atoms with Gasteiger partial charge in [-0.2, -0.15) is 0 Å². The number of thiophene rings is 1. The summed E-state index contributed by atoms with van der Waals surface area (Å²) in [6.07, 6.45) is 8.92. The fourth-order valence-corrected chi connectivity index (χ4v) is 2.14. The molecule has 0 aromatic carbocycles. The Morgan fingerprint density at radius 1 is 1.29 bits per heavy atom. The van der Waals surface area contributed by atoms with Crippen molar-refractivity contribution in [1.29, 1.82) is 0 Å². The number of hydrogen-bond donors (Lipinski definition) is 0. The first-order valence-electron chi connectivity index (χ1n) is 4.61. The summed E-state index contributed by atoms with van der Waals surface area (Å²) in [5.41, 5.74) is 0. The maximum Gasteiger partial charge on any atom is 0.120 e. The molecule has 2 rings (SSSR count). The smallest absolute Gasteiger partial charge is 0.120 e. The molecule has 0 saturated heterocycles. The highest BCUT2D eigenvalue weighted by atomic mass is 32.1. The maximum absolute atomic E-state index is 2.21. The zero-order valence-electron chi connectivity index (χ0n) is 8.42. The van der Waals surface area contributed by atoms with E-state index < -0.39 is 0 Å². The highest BCUT2D eigenvalue weighted by Gasteiger charge is 2.16. The summed E-state index contributed by atoms with van der Waals surface area (Å²) < 4.78 is 0. The Morgan fingerprint density at radius 2 is 2.00 bits per heavy atom. The molecule has 14 heavy (non-hydrogen) atoms. The molecule has 0 saturated carbocycles. The van der Waals surface area contributed by atoms with Gasteiger partial charge in [0.05, 0.1) is 0 Å². The minimum atomic E-state index is 0.358. The highest BCUT2D eigenvalue weighted by Crippen LogP contribution is 2.16. The quantitative estimate of drug-likeness (QED) is 0.733. The van der Waals surface area contributed by atoms with Crippen LogP contribution in [0.5, 0.6) is 0 Å². The SMILES string of the molecule is CN1C=CN(C)C1/C=C/c1cccs1. The van der Waals surface area contributed by atoms with Crippen LogP contribution in [0, 0.1) is 0 Å². The summed E-state index contributed by atoms with van der Waals surface area (Å²) in [6, 6.07) is 4.20. The van der Waals surface area contributed by atoms with E-state index in [1.165, 1.54) is 4.88 Å². The second kappa shape index (κ2) is 3.88. The highest BCUT2D eigenvalue weighted by molar-refractivity contribution is 7.10. The third-order valence-corrected chi connectivity index (χ3v) is 3.18. The lowest BCUT2D eigenvalue weighted by Gasteiger charge is -2.24. The van der Waals surface area contributed by atoms with Gasteiger partial charge < -0.3 is 9.80 Å². The molecule has 1 aliphatic rings. The van der Waals surface area contributed by atoms with Gasteiger partial charge in [-0.25, -0.2) is 0 Å². The molecule has 2 heterocycles. The molecule has 0 aliphatic carbocycles. The van der Waals surface area contributed by atoms with Crippen molar-refractivity contribution < 1.29 is 0 Å². The number of nitrogens with zero attached hydrogens (tertiary/aromatic N) is 2. The molecule has 0 unspecified atom stereocenters. The van der Waals surface area contributed by atoms with Crippen molar-refractivity contribution >= 4 is 17.4 Å². The minimum Gasteiger partial charge on any atom is -0.356 e. The lowest BCUT2D eigenvalue weighted by molar-refractivity contribution is 0.258. The first-order valence-corrected chi connectivity index (χ1v) is 5.49. The van der Waals surface area contributed by atoms with E-state index in [2.05, 4.69) is 66.0 Å². The molecule has 2 nitrogen and oxygen atoms in total. The summed E-state index contributed by atoms with van der Waals surface area (Å²) in [4.78, 5) is 5.67. The monoisotopic (exact) mass is 206 g/mol. The first kappa shape index (κ1) is 9.34. The van der Waals surface area contributed by atoms with Gasteiger partial charge in [0.2, 0.25) is 0 Å². The van der Waals surface area contributed by atoms with Gasteiger partial charge in [0.1, 0.15) is 6.17 Å². The van der Waals surface area contributed by atoms with Gasteiger partial charge in [-0.3, -0.25) is 0 Å². The van der Waals surface area contributed by atoms with E-state index in [0.29, 0.717) is 6.17 Å². The van der Waals surface area contributed by atoms with Crippen molar-refractivity contribution in [2.45, 2.75) is 6.17 Å². The Morgan fingerprint density at radius 3 is 2.57 bits per heavy atom. The average Bonchev–Trinajstić information content (AvgIpc) is 2.76. The van der Waals surface area contributed by atoms with Crippen LogP contribution in [0.2, 0.25) is 0 Å². The van der Waals surface area contributed by atoms with Crippen LogP contribution in [0.15, 0.2) is 36.0 Å². The molecule has 74 valence electrons. The van der Waals surface area contributed by atoms with E-state index >= 15 is 0 Å². The molecule has 1 aromatic heterocycles. The van der Waals surface area contributed by atoms with E-state index in [4.69, 9.17) is 0 Å². The summed E-state index contributed by atoms with van der Waals surface area (Å²) in [7, 11) is 4.17. The normalized spacial score (nSPS) is 17.6. The molecule has 1 aliphatic heterocycles. The fourth-order valence-electron chi connectivity index (χ4n) is 1.51. The van der Waals surface area contributed by atoms with Crippen molar-refractivity contribution in [3.63, 3.8) is 0 Å². The zero-order valence-corrected chi connectivity index (χ0v) is 9.24. The molecule has 0 spiro atoms. The number of likely N-dealkylation sites (N-methyl/N-ethyl adjacent to an activating group) is 2. The van der Waals surface area contributed by atoms with Crippen LogP contribution >= 0.6 is 11.3 Å². The van der Waals surface area contributed by atoms with Crippen LogP contribution in [0.25, 0.3) is 6.08 Å². The summed E-state index contributed by atoms with van der Waals surface area (Å²) in [6.45, 7) is 0. The van der Waals surface area contributed by atoms with Crippen molar-refractivity contribution in [2.24, 2.45) is 0 Å². The zero-order chi connectivity index (χ0) is 9.97. The van der Waals surface area contributed by atoms with Gasteiger partial charge in [-0.1, -0.05) is 6.07 Å². The third-order valence-electron chi connectivity index (χ3n) is 2.35. The Balaban J connectivity index is 2.04. The van der Waals surface area contributed by atoms with Crippen LogP contribution in [-0.4, -0.2) is 30.1 Å². The molecule has 3 heteroatoms. The van der Waals surface area contributed by atoms with E-state index in [1.54, 1.807) is 11.3 Å². The van der Waals surface area contributed by atoms with Crippen LogP contribution in [-0.2, 0) is 0 Å². The molecule has 0 fully saturated rings. The topological polar surface area (TPSA) is 6.48 Å². The van der Waals surface area contributed by atoms with Crippen molar-refractivity contribution in [3.05, 3.63) is 40.9 Å². The van der Waals surface area contributed by atoms with E-state index in [0.717, 1.165) is 0 Å². The van der Waals surface area contributed by atoms with Crippen LogP contribution in [0.4, 0.5) is 0 Å². The number of rotatable bonds is 2. The predicted molar refractivity (Wildman–Crippen MR) is 61.8 cm³/mol. The molecule has 0 amide bonds. The van der Waals surface area contributed by atoms with E-state index in [-0.39, 0.29) is 0 Å².